The molecule has 0 unspecified atom stereocenters. The maximum atomic E-state index is 12.1. The standard InChI is InChI=1S/C5H3Cl2FO2S2/c6-4-1-3(5(7)11-4)2-12(8,9)10/h1H,2H2. The molecule has 2 nitrogen and oxygen atoms in total. The zero-order chi connectivity index (χ0) is 9.35. The van der Waals surface area contributed by atoms with Gasteiger partial charge >= 0.3 is 10.2 Å². The highest BCUT2D eigenvalue weighted by Crippen LogP contribution is 2.32. The molecule has 0 spiro atoms. The Morgan fingerprint density at radius 2 is 2.08 bits per heavy atom. The van der Waals surface area contributed by atoms with E-state index >= 15 is 0 Å². The SMILES string of the molecule is O=S(=O)(F)Cc1cc(Cl)sc1Cl. The first kappa shape index (κ1) is 10.2. The van der Waals surface area contributed by atoms with Crippen molar-refractivity contribution in [3.05, 3.63) is 20.3 Å². The van der Waals surface area contributed by atoms with E-state index in [1.54, 1.807) is 0 Å². The predicted octanol–water partition coefficient (Wildman–Crippen LogP) is 2.85. The van der Waals surface area contributed by atoms with Crippen LogP contribution in [0.25, 0.3) is 0 Å². The highest BCUT2D eigenvalue weighted by molar-refractivity contribution is 7.85. The second-order valence-corrected chi connectivity index (χ2v) is 5.68. The highest BCUT2D eigenvalue weighted by atomic mass is 35.5. The first-order valence-corrected chi connectivity index (χ1v) is 5.87. The molecule has 12 heavy (non-hydrogen) atoms. The van der Waals surface area contributed by atoms with E-state index in [1.807, 2.05) is 0 Å². The van der Waals surface area contributed by atoms with Crippen molar-refractivity contribution >= 4 is 44.8 Å². The summed E-state index contributed by atoms with van der Waals surface area (Å²) in [6, 6.07) is 1.34. The average molecular weight is 249 g/mol. The zero-order valence-electron chi connectivity index (χ0n) is 5.55. The summed E-state index contributed by atoms with van der Waals surface area (Å²) >= 11 is 12.1. The Kier molecular flexibility index (Phi) is 2.98. The van der Waals surface area contributed by atoms with Gasteiger partial charge in [-0.1, -0.05) is 23.2 Å². The third-order valence-electron chi connectivity index (χ3n) is 1.06. The van der Waals surface area contributed by atoms with Crippen LogP contribution in [0, 0.1) is 0 Å². The maximum absolute atomic E-state index is 12.1. The third kappa shape index (κ3) is 2.90. The Labute approximate surface area is 83.1 Å². The van der Waals surface area contributed by atoms with Crippen LogP contribution in [0.2, 0.25) is 8.67 Å². The van der Waals surface area contributed by atoms with Gasteiger partial charge in [0.2, 0.25) is 0 Å². The monoisotopic (exact) mass is 248 g/mol. The number of halogens is 3. The minimum atomic E-state index is -4.52. The Balaban J connectivity index is 2.97. The minimum Gasteiger partial charge on any atom is -0.194 e. The molecule has 1 aromatic rings. The molecule has 1 heterocycles. The van der Waals surface area contributed by atoms with E-state index in [0.29, 0.717) is 4.34 Å². The summed E-state index contributed by atoms with van der Waals surface area (Å²) in [5.41, 5.74) is 0.203. The van der Waals surface area contributed by atoms with Crippen LogP contribution in [0.3, 0.4) is 0 Å². The van der Waals surface area contributed by atoms with Crippen molar-refractivity contribution in [3.8, 4) is 0 Å². The molecule has 68 valence electrons. The Morgan fingerprint density at radius 3 is 2.42 bits per heavy atom. The Morgan fingerprint density at radius 1 is 1.50 bits per heavy atom. The van der Waals surface area contributed by atoms with Crippen molar-refractivity contribution in [3.63, 3.8) is 0 Å². The second-order valence-electron chi connectivity index (χ2n) is 2.03. The van der Waals surface area contributed by atoms with Crippen LogP contribution < -0.4 is 0 Å². The van der Waals surface area contributed by atoms with Gasteiger partial charge in [0.25, 0.3) is 0 Å². The molecule has 0 fully saturated rings. The van der Waals surface area contributed by atoms with E-state index in [1.165, 1.54) is 6.07 Å². The lowest BCUT2D eigenvalue weighted by molar-refractivity contribution is 0.551. The van der Waals surface area contributed by atoms with Crippen molar-refractivity contribution in [2.24, 2.45) is 0 Å². The fraction of sp³-hybridized carbons (Fsp3) is 0.200. The molecule has 0 radical (unpaired) electrons. The van der Waals surface area contributed by atoms with Crippen LogP contribution >= 0.6 is 34.5 Å². The molecule has 0 bridgehead atoms. The van der Waals surface area contributed by atoms with Gasteiger partial charge in [0.15, 0.2) is 0 Å². The van der Waals surface area contributed by atoms with Crippen LogP contribution in [-0.2, 0) is 16.0 Å². The maximum Gasteiger partial charge on any atom is 0.306 e. The van der Waals surface area contributed by atoms with Crippen molar-refractivity contribution in [1.82, 2.24) is 0 Å². The molecule has 0 amide bonds. The summed E-state index contributed by atoms with van der Waals surface area (Å²) in [5, 5.41) is 0. The summed E-state index contributed by atoms with van der Waals surface area (Å²) in [5.74, 6) is -0.713. The average Bonchev–Trinajstić information content (AvgIpc) is 2.06. The largest absolute Gasteiger partial charge is 0.306 e. The lowest BCUT2D eigenvalue weighted by atomic mass is 10.4. The molecule has 1 aromatic heterocycles. The van der Waals surface area contributed by atoms with Gasteiger partial charge in [0.1, 0.15) is 5.75 Å². The van der Waals surface area contributed by atoms with Crippen LogP contribution in [0.1, 0.15) is 5.56 Å². The zero-order valence-corrected chi connectivity index (χ0v) is 8.70. The van der Waals surface area contributed by atoms with E-state index in [9.17, 15) is 12.3 Å². The smallest absolute Gasteiger partial charge is 0.194 e. The van der Waals surface area contributed by atoms with Crippen LogP contribution in [-0.4, -0.2) is 8.42 Å². The van der Waals surface area contributed by atoms with Gasteiger partial charge in [0.05, 0.1) is 8.67 Å². The van der Waals surface area contributed by atoms with Crippen LogP contribution in [0.5, 0.6) is 0 Å². The molecule has 1 rings (SSSR count). The van der Waals surface area contributed by atoms with Gasteiger partial charge in [-0.3, -0.25) is 0 Å². The number of hydrogen-bond acceptors (Lipinski definition) is 3. The van der Waals surface area contributed by atoms with Crippen molar-refractivity contribution in [2.75, 3.05) is 0 Å². The highest BCUT2D eigenvalue weighted by Gasteiger charge is 2.14. The summed E-state index contributed by atoms with van der Waals surface area (Å²) < 4.78 is 33.1. The van der Waals surface area contributed by atoms with Crippen molar-refractivity contribution in [1.29, 1.82) is 0 Å². The lowest BCUT2D eigenvalue weighted by Crippen LogP contribution is -1.94. The molecule has 0 N–H and O–H groups in total. The fourth-order valence-corrected chi connectivity index (χ4v) is 2.92. The van der Waals surface area contributed by atoms with E-state index < -0.39 is 16.0 Å². The first-order valence-electron chi connectivity index (χ1n) is 2.74. The summed E-state index contributed by atoms with van der Waals surface area (Å²) in [4.78, 5) is 0. The molecule has 0 aromatic carbocycles. The normalized spacial score (nSPS) is 11.9. The number of rotatable bonds is 2. The van der Waals surface area contributed by atoms with E-state index in [0.717, 1.165) is 11.3 Å². The molecule has 0 aliphatic carbocycles. The third-order valence-corrected chi connectivity index (χ3v) is 3.28. The van der Waals surface area contributed by atoms with Gasteiger partial charge < -0.3 is 0 Å². The molecule has 0 saturated carbocycles. The molecule has 0 atom stereocenters. The Hall–Kier alpha value is 0.160. The molecule has 0 aliphatic rings. The molecule has 7 heteroatoms. The van der Waals surface area contributed by atoms with Crippen LogP contribution in [0.4, 0.5) is 3.89 Å². The number of hydrogen-bond donors (Lipinski definition) is 0. The molecular weight excluding hydrogens is 246 g/mol. The molecule has 0 aliphatic heterocycles. The summed E-state index contributed by atoms with van der Waals surface area (Å²) in [6.07, 6.45) is 0. The number of thiophene rings is 1. The van der Waals surface area contributed by atoms with Gasteiger partial charge in [-0.05, 0) is 6.07 Å². The predicted molar refractivity (Wildman–Crippen MR) is 48.1 cm³/mol. The van der Waals surface area contributed by atoms with Gasteiger partial charge in [-0.25, -0.2) is 0 Å². The second kappa shape index (κ2) is 3.49. The topological polar surface area (TPSA) is 34.1 Å². The van der Waals surface area contributed by atoms with Crippen molar-refractivity contribution in [2.45, 2.75) is 5.75 Å². The van der Waals surface area contributed by atoms with Crippen molar-refractivity contribution < 1.29 is 12.3 Å². The quantitative estimate of drug-likeness (QED) is 0.755. The molecule has 0 saturated heterocycles. The van der Waals surface area contributed by atoms with Gasteiger partial charge in [-0.15, -0.1) is 15.2 Å². The van der Waals surface area contributed by atoms with E-state index in [2.05, 4.69) is 0 Å². The van der Waals surface area contributed by atoms with Crippen LogP contribution in [0.15, 0.2) is 6.07 Å². The summed E-state index contributed by atoms with van der Waals surface area (Å²) in [6.45, 7) is 0. The Bertz CT molecular complexity index is 384. The minimum absolute atomic E-state index is 0.203. The lowest BCUT2D eigenvalue weighted by Gasteiger charge is -1.90. The van der Waals surface area contributed by atoms with Gasteiger partial charge in [0, 0.05) is 5.56 Å². The molecular formula is C5H3Cl2FO2S2. The van der Waals surface area contributed by atoms with E-state index in [4.69, 9.17) is 23.2 Å². The van der Waals surface area contributed by atoms with Gasteiger partial charge in [-0.2, -0.15) is 8.42 Å². The summed E-state index contributed by atoms with van der Waals surface area (Å²) in [7, 11) is -4.52. The fourth-order valence-electron chi connectivity index (χ4n) is 0.658. The first-order chi connectivity index (χ1) is 5.38. The van der Waals surface area contributed by atoms with E-state index in [-0.39, 0.29) is 9.90 Å².